The standard InChI is InChI=1S/C21H24FN3O4/c1-4-29-18-9-17(18)24-19(26)13-8-15(20(27)23-10-13)21(28)25(3)11-14-7-12(2)5-6-16(14)22/h5-8,10,17-18H,4,9,11H2,1-3H3,(H,23,27)(H,24,26). The van der Waals surface area contributed by atoms with Crippen molar-refractivity contribution in [3.8, 4) is 0 Å². The van der Waals surface area contributed by atoms with Crippen LogP contribution >= 0.6 is 0 Å². The van der Waals surface area contributed by atoms with Gasteiger partial charge in [-0.2, -0.15) is 0 Å². The minimum Gasteiger partial charge on any atom is -0.376 e. The molecule has 2 unspecified atom stereocenters. The number of aromatic amines is 1. The van der Waals surface area contributed by atoms with Crippen LogP contribution in [0.25, 0.3) is 0 Å². The van der Waals surface area contributed by atoms with Crippen molar-refractivity contribution in [1.29, 1.82) is 0 Å². The van der Waals surface area contributed by atoms with Gasteiger partial charge < -0.3 is 19.9 Å². The van der Waals surface area contributed by atoms with Crippen LogP contribution in [0, 0.1) is 12.7 Å². The van der Waals surface area contributed by atoms with Crippen LogP contribution < -0.4 is 10.9 Å². The second-order valence-electron chi connectivity index (χ2n) is 7.20. The zero-order chi connectivity index (χ0) is 21.1. The Kier molecular flexibility index (Phi) is 6.12. The first kappa shape index (κ1) is 20.7. The smallest absolute Gasteiger partial charge is 0.260 e. The molecule has 1 aliphatic carbocycles. The molecule has 0 aliphatic heterocycles. The molecule has 0 radical (unpaired) electrons. The van der Waals surface area contributed by atoms with Gasteiger partial charge in [-0.15, -0.1) is 0 Å². The highest BCUT2D eigenvalue weighted by atomic mass is 19.1. The molecule has 2 N–H and O–H groups in total. The van der Waals surface area contributed by atoms with E-state index in [0.29, 0.717) is 12.2 Å². The number of ether oxygens (including phenoxy) is 1. The van der Waals surface area contributed by atoms with Crippen molar-refractivity contribution < 1.29 is 18.7 Å². The molecular formula is C21H24FN3O4. The van der Waals surface area contributed by atoms with Crippen LogP contribution in [0.2, 0.25) is 0 Å². The van der Waals surface area contributed by atoms with Gasteiger partial charge >= 0.3 is 0 Å². The van der Waals surface area contributed by atoms with Crippen molar-refractivity contribution in [3.05, 3.63) is 68.9 Å². The van der Waals surface area contributed by atoms with E-state index in [0.717, 1.165) is 12.0 Å². The summed E-state index contributed by atoms with van der Waals surface area (Å²) in [5, 5.41) is 2.81. The number of nitrogens with one attached hydrogen (secondary N) is 2. The predicted octanol–water partition coefficient (Wildman–Crippen LogP) is 2.00. The van der Waals surface area contributed by atoms with Crippen molar-refractivity contribution in [2.24, 2.45) is 0 Å². The number of rotatable bonds is 7. The zero-order valence-electron chi connectivity index (χ0n) is 16.6. The number of aryl methyl sites for hydroxylation is 1. The average Bonchev–Trinajstić information content (AvgIpc) is 3.42. The number of pyridine rings is 1. The summed E-state index contributed by atoms with van der Waals surface area (Å²) in [6.07, 6.45) is 2.01. The van der Waals surface area contributed by atoms with Crippen molar-refractivity contribution >= 4 is 11.8 Å². The van der Waals surface area contributed by atoms with Crippen LogP contribution in [0.15, 0.2) is 35.3 Å². The minimum absolute atomic E-state index is 0.000319. The number of carbonyl (C=O) groups excluding carboxylic acids is 2. The van der Waals surface area contributed by atoms with E-state index in [9.17, 15) is 18.8 Å². The van der Waals surface area contributed by atoms with Gasteiger partial charge in [-0.1, -0.05) is 17.7 Å². The lowest BCUT2D eigenvalue weighted by Crippen LogP contribution is -2.33. The van der Waals surface area contributed by atoms with E-state index in [1.54, 1.807) is 12.1 Å². The molecule has 29 heavy (non-hydrogen) atoms. The third kappa shape index (κ3) is 4.89. The molecule has 8 heteroatoms. The maximum atomic E-state index is 14.0. The van der Waals surface area contributed by atoms with Crippen LogP contribution in [0.4, 0.5) is 4.39 Å². The molecule has 1 heterocycles. The highest BCUT2D eigenvalue weighted by Gasteiger charge is 2.39. The number of carbonyl (C=O) groups is 2. The highest BCUT2D eigenvalue weighted by Crippen LogP contribution is 2.25. The summed E-state index contributed by atoms with van der Waals surface area (Å²) in [4.78, 5) is 41.0. The number of H-pyrrole nitrogens is 1. The van der Waals surface area contributed by atoms with E-state index in [1.807, 2.05) is 13.8 Å². The van der Waals surface area contributed by atoms with E-state index in [4.69, 9.17) is 4.74 Å². The van der Waals surface area contributed by atoms with Gasteiger partial charge in [0.15, 0.2) is 0 Å². The number of aromatic nitrogens is 1. The number of benzene rings is 1. The lowest BCUT2D eigenvalue weighted by molar-refractivity contribution is 0.0782. The van der Waals surface area contributed by atoms with Crippen molar-refractivity contribution in [1.82, 2.24) is 15.2 Å². The van der Waals surface area contributed by atoms with Crippen molar-refractivity contribution in [2.45, 2.75) is 39.0 Å². The molecule has 154 valence electrons. The second kappa shape index (κ2) is 8.57. The van der Waals surface area contributed by atoms with Crippen LogP contribution in [0.3, 0.4) is 0 Å². The summed E-state index contributed by atoms with van der Waals surface area (Å²) in [7, 11) is 1.48. The Labute approximate surface area is 167 Å². The monoisotopic (exact) mass is 401 g/mol. The van der Waals surface area contributed by atoms with E-state index in [2.05, 4.69) is 10.3 Å². The van der Waals surface area contributed by atoms with Crippen LogP contribution in [-0.2, 0) is 11.3 Å². The summed E-state index contributed by atoms with van der Waals surface area (Å²) >= 11 is 0. The lowest BCUT2D eigenvalue weighted by atomic mass is 10.1. The Balaban J connectivity index is 1.73. The molecule has 7 nitrogen and oxygen atoms in total. The highest BCUT2D eigenvalue weighted by molar-refractivity contribution is 5.99. The first-order valence-electron chi connectivity index (χ1n) is 9.45. The predicted molar refractivity (Wildman–Crippen MR) is 105 cm³/mol. The van der Waals surface area contributed by atoms with Gasteiger partial charge in [-0.3, -0.25) is 14.4 Å². The maximum Gasteiger partial charge on any atom is 0.260 e. The minimum atomic E-state index is -0.610. The van der Waals surface area contributed by atoms with Crippen LogP contribution in [0.1, 0.15) is 45.2 Å². The van der Waals surface area contributed by atoms with Gasteiger partial charge in [0, 0.05) is 32.0 Å². The summed E-state index contributed by atoms with van der Waals surface area (Å²) in [6.45, 7) is 4.28. The lowest BCUT2D eigenvalue weighted by Gasteiger charge is -2.18. The molecule has 1 aromatic heterocycles. The molecular weight excluding hydrogens is 377 g/mol. The summed E-state index contributed by atoms with van der Waals surface area (Å²) < 4.78 is 19.4. The molecule has 0 bridgehead atoms. The largest absolute Gasteiger partial charge is 0.376 e. The van der Waals surface area contributed by atoms with Crippen molar-refractivity contribution in [2.75, 3.05) is 13.7 Å². The number of hydrogen-bond acceptors (Lipinski definition) is 4. The van der Waals surface area contributed by atoms with Gasteiger partial charge in [0.1, 0.15) is 11.4 Å². The van der Waals surface area contributed by atoms with E-state index < -0.39 is 23.2 Å². The maximum absolute atomic E-state index is 14.0. The van der Waals surface area contributed by atoms with Gasteiger partial charge in [0.2, 0.25) is 0 Å². The summed E-state index contributed by atoms with van der Waals surface area (Å²) in [6, 6.07) is 5.83. The van der Waals surface area contributed by atoms with Crippen molar-refractivity contribution in [3.63, 3.8) is 0 Å². The Bertz CT molecular complexity index is 988. The number of nitrogens with zero attached hydrogens (tertiary/aromatic N) is 1. The second-order valence-corrected chi connectivity index (χ2v) is 7.20. The average molecular weight is 401 g/mol. The topological polar surface area (TPSA) is 91.5 Å². The van der Waals surface area contributed by atoms with Crippen LogP contribution in [-0.4, -0.2) is 47.5 Å². The third-order valence-corrected chi connectivity index (χ3v) is 4.78. The Morgan fingerprint density at radius 1 is 1.34 bits per heavy atom. The van der Waals surface area contributed by atoms with Crippen LogP contribution in [0.5, 0.6) is 0 Å². The number of halogens is 1. The normalized spacial score (nSPS) is 17.7. The Hall–Kier alpha value is -3.00. The van der Waals surface area contributed by atoms with Gasteiger partial charge in [-0.25, -0.2) is 4.39 Å². The first-order chi connectivity index (χ1) is 13.8. The molecule has 1 aliphatic rings. The number of amides is 2. The first-order valence-corrected chi connectivity index (χ1v) is 9.45. The molecule has 2 aromatic rings. The molecule has 0 spiro atoms. The van der Waals surface area contributed by atoms with Gasteiger partial charge in [0.05, 0.1) is 17.7 Å². The fourth-order valence-electron chi connectivity index (χ4n) is 3.10. The van der Waals surface area contributed by atoms with E-state index in [-0.39, 0.29) is 29.8 Å². The van der Waals surface area contributed by atoms with Gasteiger partial charge in [0.25, 0.3) is 17.4 Å². The molecule has 1 fully saturated rings. The Morgan fingerprint density at radius 2 is 2.10 bits per heavy atom. The van der Waals surface area contributed by atoms with E-state index >= 15 is 0 Å². The molecule has 1 saturated carbocycles. The summed E-state index contributed by atoms with van der Waals surface area (Å²) in [5.74, 6) is -1.42. The molecule has 0 saturated heterocycles. The number of hydrogen-bond donors (Lipinski definition) is 2. The Morgan fingerprint density at radius 3 is 2.83 bits per heavy atom. The van der Waals surface area contributed by atoms with E-state index in [1.165, 1.54) is 30.3 Å². The molecule has 2 atom stereocenters. The quantitative estimate of drug-likeness (QED) is 0.742. The SMILES string of the molecule is CCOC1CC1NC(=O)c1c[nH]c(=O)c(C(=O)N(C)Cc2cc(C)ccc2F)c1. The molecule has 2 amide bonds. The van der Waals surface area contributed by atoms with Gasteiger partial charge in [-0.05, 0) is 32.4 Å². The fourth-order valence-corrected chi connectivity index (χ4v) is 3.10. The summed E-state index contributed by atoms with van der Waals surface area (Å²) in [5.41, 5.74) is 0.600. The fraction of sp³-hybridized carbons (Fsp3) is 0.381. The molecule has 1 aromatic carbocycles. The molecule has 3 rings (SSSR count). The zero-order valence-corrected chi connectivity index (χ0v) is 16.6. The third-order valence-electron chi connectivity index (χ3n) is 4.78.